The van der Waals surface area contributed by atoms with Crippen molar-refractivity contribution >= 4 is 29.1 Å². The maximum absolute atomic E-state index is 12.5. The Balaban J connectivity index is 1.64. The number of carbonyl (C=O) groups is 2. The van der Waals surface area contributed by atoms with Gasteiger partial charge >= 0.3 is 0 Å². The van der Waals surface area contributed by atoms with Crippen LogP contribution in [0.1, 0.15) is 40.6 Å². The number of nitrogens with zero attached hydrogens (tertiary/aromatic N) is 3. The van der Waals surface area contributed by atoms with E-state index in [0.29, 0.717) is 53.9 Å². The lowest BCUT2D eigenvalue weighted by Crippen LogP contribution is -2.29. The minimum atomic E-state index is -0.269. The Morgan fingerprint density at radius 2 is 2.07 bits per heavy atom. The van der Waals surface area contributed by atoms with Gasteiger partial charge in [-0.1, -0.05) is 11.6 Å². The number of benzene rings is 1. The second kappa shape index (κ2) is 9.12. The number of methoxy groups -OCH3 is 1. The summed E-state index contributed by atoms with van der Waals surface area (Å²) in [5, 5.41) is 3.42. The number of hydrogen-bond acceptors (Lipinski definition) is 5. The molecule has 1 fully saturated rings. The van der Waals surface area contributed by atoms with Crippen LogP contribution in [0, 0.1) is 6.92 Å². The van der Waals surface area contributed by atoms with Gasteiger partial charge in [0.15, 0.2) is 0 Å². The third-order valence-electron chi connectivity index (χ3n) is 4.77. The summed E-state index contributed by atoms with van der Waals surface area (Å²) in [5.74, 6) is 0.565. The van der Waals surface area contributed by atoms with Crippen LogP contribution in [-0.2, 0) is 9.53 Å². The molecule has 0 saturated carbocycles. The van der Waals surface area contributed by atoms with E-state index in [1.165, 1.54) is 0 Å². The van der Waals surface area contributed by atoms with E-state index in [1.807, 2.05) is 4.90 Å². The summed E-state index contributed by atoms with van der Waals surface area (Å²) in [6.07, 6.45) is 2.75. The van der Waals surface area contributed by atoms with Crippen molar-refractivity contribution in [2.24, 2.45) is 0 Å². The Morgan fingerprint density at radius 1 is 1.32 bits per heavy atom. The van der Waals surface area contributed by atoms with Gasteiger partial charge in [0, 0.05) is 43.0 Å². The smallest absolute Gasteiger partial charge is 0.259 e. The van der Waals surface area contributed by atoms with E-state index in [1.54, 1.807) is 44.5 Å². The van der Waals surface area contributed by atoms with Crippen LogP contribution in [0.5, 0.6) is 0 Å². The number of nitrogens with one attached hydrogen (secondary N) is 1. The minimum absolute atomic E-state index is 0.0820. The summed E-state index contributed by atoms with van der Waals surface area (Å²) in [6, 6.07) is 6.89. The van der Waals surface area contributed by atoms with Crippen molar-refractivity contribution in [2.45, 2.75) is 25.7 Å². The molecule has 1 aliphatic rings. The summed E-state index contributed by atoms with van der Waals surface area (Å²) in [4.78, 5) is 35.4. The molecule has 1 saturated heterocycles. The van der Waals surface area contributed by atoms with Gasteiger partial charge in [-0.2, -0.15) is 0 Å². The molecule has 1 atom stereocenters. The molecule has 1 aliphatic heterocycles. The fourth-order valence-corrected chi connectivity index (χ4v) is 3.31. The van der Waals surface area contributed by atoms with Crippen LogP contribution in [0.25, 0.3) is 0 Å². The number of amides is 2. The largest absolute Gasteiger partial charge is 0.384 e. The third kappa shape index (κ3) is 4.85. The average Bonchev–Trinajstić information content (AvgIpc) is 3.18. The first kappa shape index (κ1) is 20.2. The highest BCUT2D eigenvalue weighted by atomic mass is 35.5. The second-order valence-corrected chi connectivity index (χ2v) is 7.19. The van der Waals surface area contributed by atoms with Gasteiger partial charge in [-0.05, 0) is 37.6 Å². The van der Waals surface area contributed by atoms with Gasteiger partial charge in [-0.25, -0.2) is 9.97 Å². The molecule has 0 spiro atoms. The van der Waals surface area contributed by atoms with E-state index in [0.717, 1.165) is 6.42 Å². The zero-order valence-electron chi connectivity index (χ0n) is 15.9. The van der Waals surface area contributed by atoms with Crippen LogP contribution >= 0.6 is 11.6 Å². The zero-order valence-corrected chi connectivity index (χ0v) is 16.7. The van der Waals surface area contributed by atoms with Crippen LogP contribution < -0.4 is 5.32 Å². The SMILES string of the molecule is COCCC(=O)N1CC[C@H](c2ncc(C(=O)Nc3ccc(Cl)cc3)c(C)n2)C1. The molecule has 8 heteroatoms. The highest BCUT2D eigenvalue weighted by Gasteiger charge is 2.29. The van der Waals surface area contributed by atoms with Crippen molar-refractivity contribution in [3.63, 3.8) is 0 Å². The zero-order chi connectivity index (χ0) is 20.1. The number of aromatic nitrogens is 2. The van der Waals surface area contributed by atoms with Gasteiger partial charge in [-0.15, -0.1) is 0 Å². The Labute approximate surface area is 169 Å². The molecule has 0 aliphatic carbocycles. The summed E-state index contributed by atoms with van der Waals surface area (Å²) in [5.41, 5.74) is 1.68. The number of hydrogen-bond donors (Lipinski definition) is 1. The van der Waals surface area contributed by atoms with Crippen molar-refractivity contribution in [2.75, 3.05) is 32.1 Å². The molecule has 3 rings (SSSR count). The summed E-state index contributed by atoms with van der Waals surface area (Å²) < 4.78 is 4.97. The lowest BCUT2D eigenvalue weighted by molar-refractivity contribution is -0.131. The molecule has 0 radical (unpaired) electrons. The molecule has 2 aromatic rings. The number of halogens is 1. The van der Waals surface area contributed by atoms with Crippen molar-refractivity contribution in [3.8, 4) is 0 Å². The number of aryl methyl sites for hydroxylation is 1. The normalized spacial score (nSPS) is 16.2. The van der Waals surface area contributed by atoms with Gasteiger partial charge in [0.1, 0.15) is 5.82 Å². The number of likely N-dealkylation sites (tertiary alicyclic amines) is 1. The monoisotopic (exact) mass is 402 g/mol. The van der Waals surface area contributed by atoms with Crippen molar-refractivity contribution in [1.82, 2.24) is 14.9 Å². The third-order valence-corrected chi connectivity index (χ3v) is 5.02. The van der Waals surface area contributed by atoms with Gasteiger partial charge in [-0.3, -0.25) is 9.59 Å². The number of anilines is 1. The summed E-state index contributed by atoms with van der Waals surface area (Å²) in [6.45, 7) is 3.50. The van der Waals surface area contributed by atoms with Crippen LogP contribution in [0.15, 0.2) is 30.5 Å². The lowest BCUT2D eigenvalue weighted by Gasteiger charge is -2.16. The van der Waals surface area contributed by atoms with Gasteiger partial charge in [0.25, 0.3) is 5.91 Å². The molecule has 0 unspecified atom stereocenters. The minimum Gasteiger partial charge on any atom is -0.384 e. The highest BCUT2D eigenvalue weighted by molar-refractivity contribution is 6.30. The van der Waals surface area contributed by atoms with Gasteiger partial charge in [0.2, 0.25) is 5.91 Å². The first-order valence-corrected chi connectivity index (χ1v) is 9.53. The van der Waals surface area contributed by atoms with Crippen LogP contribution in [0.2, 0.25) is 5.02 Å². The van der Waals surface area contributed by atoms with Crippen LogP contribution in [0.3, 0.4) is 0 Å². The Morgan fingerprint density at radius 3 is 2.75 bits per heavy atom. The molecular weight excluding hydrogens is 380 g/mol. The summed E-state index contributed by atoms with van der Waals surface area (Å²) in [7, 11) is 1.58. The molecule has 2 heterocycles. The predicted octanol–water partition coefficient (Wildman–Crippen LogP) is 3.04. The maximum atomic E-state index is 12.5. The predicted molar refractivity (Wildman–Crippen MR) is 107 cm³/mol. The van der Waals surface area contributed by atoms with E-state index in [9.17, 15) is 9.59 Å². The first-order chi connectivity index (χ1) is 13.5. The van der Waals surface area contributed by atoms with Crippen LogP contribution in [0.4, 0.5) is 5.69 Å². The molecule has 2 amide bonds. The number of carbonyl (C=O) groups excluding carboxylic acids is 2. The molecule has 7 nitrogen and oxygen atoms in total. The lowest BCUT2D eigenvalue weighted by atomic mass is 10.1. The molecule has 1 aromatic carbocycles. The van der Waals surface area contributed by atoms with Crippen molar-refractivity contribution < 1.29 is 14.3 Å². The molecule has 0 bridgehead atoms. The molecular formula is C20H23ClN4O3. The van der Waals surface area contributed by atoms with E-state index in [4.69, 9.17) is 16.3 Å². The molecule has 148 valence electrons. The first-order valence-electron chi connectivity index (χ1n) is 9.15. The van der Waals surface area contributed by atoms with Crippen molar-refractivity contribution in [1.29, 1.82) is 0 Å². The fraction of sp³-hybridized carbons (Fsp3) is 0.400. The average molecular weight is 403 g/mol. The molecule has 1 N–H and O–H groups in total. The van der Waals surface area contributed by atoms with Crippen LogP contribution in [-0.4, -0.2) is 53.5 Å². The second-order valence-electron chi connectivity index (χ2n) is 6.76. The van der Waals surface area contributed by atoms with E-state index >= 15 is 0 Å². The fourth-order valence-electron chi connectivity index (χ4n) is 3.18. The molecule has 1 aromatic heterocycles. The summed E-state index contributed by atoms with van der Waals surface area (Å²) >= 11 is 5.86. The quantitative estimate of drug-likeness (QED) is 0.802. The highest BCUT2D eigenvalue weighted by Crippen LogP contribution is 2.25. The Bertz CT molecular complexity index is 857. The van der Waals surface area contributed by atoms with E-state index < -0.39 is 0 Å². The number of rotatable bonds is 6. The van der Waals surface area contributed by atoms with Gasteiger partial charge in [0.05, 0.1) is 24.3 Å². The Kier molecular flexibility index (Phi) is 6.59. The topological polar surface area (TPSA) is 84.4 Å². The molecule has 28 heavy (non-hydrogen) atoms. The maximum Gasteiger partial charge on any atom is 0.259 e. The number of ether oxygens (including phenoxy) is 1. The Hall–Kier alpha value is -2.51. The van der Waals surface area contributed by atoms with Crippen molar-refractivity contribution in [3.05, 3.63) is 52.6 Å². The van der Waals surface area contributed by atoms with E-state index in [2.05, 4.69) is 15.3 Å². The van der Waals surface area contributed by atoms with Gasteiger partial charge < -0.3 is 15.0 Å². The standard InChI is InChI=1S/C20H23ClN4O3/c1-13-17(20(27)24-16-5-3-15(21)4-6-16)11-22-19(23-13)14-7-9-25(12-14)18(26)8-10-28-2/h3-6,11,14H,7-10,12H2,1-2H3,(H,24,27)/t14-/m0/s1. The van der Waals surface area contributed by atoms with E-state index in [-0.39, 0.29) is 17.7 Å².